The Morgan fingerprint density at radius 2 is 1.67 bits per heavy atom. The lowest BCUT2D eigenvalue weighted by Gasteiger charge is -2.24. The summed E-state index contributed by atoms with van der Waals surface area (Å²) in [6.07, 6.45) is -0.0461. The van der Waals surface area contributed by atoms with Gasteiger partial charge in [-0.3, -0.25) is 14.5 Å². The number of imide groups is 1. The normalized spacial score (nSPS) is 14.9. The number of amides is 6. The Balaban J connectivity index is 1.44. The van der Waals surface area contributed by atoms with Crippen molar-refractivity contribution in [2.45, 2.75) is 18.9 Å². The number of rotatable bonds is 8. The molecule has 1 aliphatic heterocycles. The Kier molecular flexibility index (Phi) is 7.23. The first kappa shape index (κ1) is 23.7. The number of hydrogen-bond donors (Lipinski definition) is 5. The van der Waals surface area contributed by atoms with E-state index in [9.17, 15) is 28.7 Å². The fourth-order valence-electron chi connectivity index (χ4n) is 3.09. The monoisotopic (exact) mass is 457 g/mol. The molecule has 5 N–H and O–H groups in total. The number of carbonyl (C=O) groups is 4. The summed E-state index contributed by atoms with van der Waals surface area (Å²) in [4.78, 5) is 48.2. The van der Waals surface area contributed by atoms with Crippen LogP contribution in [0.15, 0.2) is 48.5 Å². The molecule has 2 aromatic carbocycles. The number of halogens is 1. The Morgan fingerprint density at radius 1 is 1.06 bits per heavy atom. The maximum atomic E-state index is 13.0. The smallest absolute Gasteiger partial charge is 0.324 e. The molecule has 1 saturated heterocycles. The minimum Gasteiger partial charge on any atom is -0.384 e. The lowest BCUT2D eigenvalue weighted by atomic mass is 9.96. The molecule has 1 atom stereocenters. The van der Waals surface area contributed by atoms with Crippen molar-refractivity contribution in [2.75, 3.05) is 30.3 Å². The zero-order valence-electron chi connectivity index (χ0n) is 17.9. The van der Waals surface area contributed by atoms with Crippen molar-refractivity contribution < 1.29 is 28.7 Å². The second kappa shape index (κ2) is 10.1. The Morgan fingerprint density at radius 3 is 2.24 bits per heavy atom. The van der Waals surface area contributed by atoms with Crippen molar-refractivity contribution in [3.63, 3.8) is 0 Å². The Bertz CT molecular complexity index is 1020. The molecule has 0 spiro atoms. The SMILES string of the molecule is CC(O)(CNC(=O)Nc1ccc(NC(=O)CCN2C(=O)CNC2=O)cc1)c1ccc(F)cc1. The van der Waals surface area contributed by atoms with E-state index < -0.39 is 23.5 Å². The third kappa shape index (κ3) is 6.50. The van der Waals surface area contributed by atoms with E-state index in [2.05, 4.69) is 21.3 Å². The van der Waals surface area contributed by atoms with E-state index in [1.54, 1.807) is 24.3 Å². The molecule has 0 aromatic heterocycles. The van der Waals surface area contributed by atoms with E-state index in [0.29, 0.717) is 16.9 Å². The standard InChI is InChI=1S/C22H24FN5O5/c1-22(33,14-2-4-15(23)5-3-14)13-25-20(31)27-17-8-6-16(7-9-17)26-18(29)10-11-28-19(30)12-24-21(28)32/h2-9,33H,10-13H2,1H3,(H,24,32)(H,26,29)(H2,25,27,31). The summed E-state index contributed by atoms with van der Waals surface area (Å²) in [6, 6.07) is 10.6. The van der Waals surface area contributed by atoms with Gasteiger partial charge >= 0.3 is 12.1 Å². The van der Waals surface area contributed by atoms with Gasteiger partial charge in [-0.05, 0) is 48.9 Å². The first-order valence-corrected chi connectivity index (χ1v) is 10.2. The fourth-order valence-corrected chi connectivity index (χ4v) is 3.09. The Labute approximate surface area is 189 Å². The average molecular weight is 457 g/mol. The Hall–Kier alpha value is -3.99. The average Bonchev–Trinajstić information content (AvgIpc) is 3.10. The molecule has 1 unspecified atom stereocenters. The highest BCUT2D eigenvalue weighted by molar-refractivity contribution is 6.02. The number of nitrogens with zero attached hydrogens (tertiary/aromatic N) is 1. The van der Waals surface area contributed by atoms with Gasteiger partial charge in [0.15, 0.2) is 0 Å². The molecule has 0 radical (unpaired) electrons. The number of anilines is 2. The summed E-state index contributed by atoms with van der Waals surface area (Å²) in [7, 11) is 0. The van der Waals surface area contributed by atoms with Gasteiger partial charge in [0.05, 0.1) is 13.1 Å². The van der Waals surface area contributed by atoms with Crippen molar-refractivity contribution in [3.8, 4) is 0 Å². The van der Waals surface area contributed by atoms with E-state index >= 15 is 0 Å². The summed E-state index contributed by atoms with van der Waals surface area (Å²) in [6.45, 7) is 1.32. The van der Waals surface area contributed by atoms with Crippen LogP contribution in [0.4, 0.5) is 25.4 Å². The second-order valence-electron chi connectivity index (χ2n) is 7.67. The van der Waals surface area contributed by atoms with E-state index in [1.165, 1.54) is 31.2 Å². The van der Waals surface area contributed by atoms with Crippen LogP contribution >= 0.6 is 0 Å². The number of benzene rings is 2. The van der Waals surface area contributed by atoms with Gasteiger partial charge in [-0.25, -0.2) is 14.0 Å². The first-order chi connectivity index (χ1) is 15.6. The maximum Gasteiger partial charge on any atom is 0.324 e. The number of hydrogen-bond acceptors (Lipinski definition) is 5. The van der Waals surface area contributed by atoms with Crippen molar-refractivity contribution in [2.24, 2.45) is 0 Å². The largest absolute Gasteiger partial charge is 0.384 e. The highest BCUT2D eigenvalue weighted by atomic mass is 19.1. The van der Waals surface area contributed by atoms with E-state index in [4.69, 9.17) is 0 Å². The first-order valence-electron chi connectivity index (χ1n) is 10.2. The third-order valence-corrected chi connectivity index (χ3v) is 4.99. The summed E-state index contributed by atoms with van der Waals surface area (Å²) < 4.78 is 13.0. The fraction of sp³-hybridized carbons (Fsp3) is 0.273. The maximum absolute atomic E-state index is 13.0. The zero-order chi connectivity index (χ0) is 24.0. The quantitative estimate of drug-likeness (QED) is 0.384. The predicted molar refractivity (Wildman–Crippen MR) is 118 cm³/mol. The van der Waals surface area contributed by atoms with Crippen molar-refractivity contribution in [1.29, 1.82) is 0 Å². The van der Waals surface area contributed by atoms with Crippen LogP contribution in [0, 0.1) is 5.82 Å². The van der Waals surface area contributed by atoms with Gasteiger partial charge in [0.25, 0.3) is 0 Å². The van der Waals surface area contributed by atoms with E-state index in [1.807, 2.05) is 0 Å². The van der Waals surface area contributed by atoms with Crippen molar-refractivity contribution in [3.05, 3.63) is 59.9 Å². The highest BCUT2D eigenvalue weighted by Gasteiger charge is 2.28. The molecule has 1 heterocycles. The molecule has 1 fully saturated rings. The summed E-state index contributed by atoms with van der Waals surface area (Å²) >= 11 is 0. The molecule has 0 saturated carbocycles. The summed E-state index contributed by atoms with van der Waals surface area (Å²) in [5, 5.41) is 20.7. The molecule has 6 amide bonds. The number of aliphatic hydroxyl groups is 1. The molecule has 11 heteroatoms. The zero-order valence-corrected chi connectivity index (χ0v) is 17.9. The van der Waals surface area contributed by atoms with Gasteiger partial charge in [-0.15, -0.1) is 0 Å². The molecular weight excluding hydrogens is 433 g/mol. The molecule has 0 aliphatic carbocycles. The molecule has 10 nitrogen and oxygen atoms in total. The van der Waals surface area contributed by atoms with Crippen LogP contribution in [0.5, 0.6) is 0 Å². The minimum absolute atomic E-state index is 0.0159. The van der Waals surface area contributed by atoms with Gasteiger partial charge < -0.3 is 26.4 Å². The predicted octanol–water partition coefficient (Wildman–Crippen LogP) is 1.74. The number of nitrogens with one attached hydrogen (secondary N) is 4. The van der Waals surface area contributed by atoms with Crippen LogP contribution in [0.25, 0.3) is 0 Å². The molecule has 3 rings (SSSR count). The summed E-state index contributed by atoms with van der Waals surface area (Å²) in [5.74, 6) is -1.17. The van der Waals surface area contributed by atoms with E-state index in [-0.39, 0.29) is 37.9 Å². The van der Waals surface area contributed by atoms with Crippen LogP contribution in [-0.2, 0) is 15.2 Å². The number of carbonyl (C=O) groups excluding carboxylic acids is 4. The molecule has 2 aromatic rings. The molecular formula is C22H24FN5O5. The van der Waals surface area contributed by atoms with Gasteiger partial charge in [0, 0.05) is 24.3 Å². The number of urea groups is 2. The molecule has 174 valence electrons. The molecule has 33 heavy (non-hydrogen) atoms. The van der Waals surface area contributed by atoms with Crippen LogP contribution in [0.2, 0.25) is 0 Å². The van der Waals surface area contributed by atoms with Gasteiger partial charge in [-0.1, -0.05) is 12.1 Å². The van der Waals surface area contributed by atoms with Crippen LogP contribution in [0.1, 0.15) is 18.9 Å². The van der Waals surface area contributed by atoms with Crippen LogP contribution < -0.4 is 21.3 Å². The third-order valence-electron chi connectivity index (χ3n) is 4.99. The second-order valence-corrected chi connectivity index (χ2v) is 7.67. The van der Waals surface area contributed by atoms with Crippen molar-refractivity contribution in [1.82, 2.24) is 15.5 Å². The lowest BCUT2D eigenvalue weighted by molar-refractivity contribution is -0.125. The van der Waals surface area contributed by atoms with Gasteiger partial charge in [-0.2, -0.15) is 0 Å². The minimum atomic E-state index is -1.39. The highest BCUT2D eigenvalue weighted by Crippen LogP contribution is 2.20. The van der Waals surface area contributed by atoms with Crippen molar-refractivity contribution >= 4 is 35.3 Å². The topological polar surface area (TPSA) is 140 Å². The lowest BCUT2D eigenvalue weighted by Crippen LogP contribution is -2.40. The van der Waals surface area contributed by atoms with Gasteiger partial charge in [0.2, 0.25) is 11.8 Å². The van der Waals surface area contributed by atoms with Crippen LogP contribution in [0.3, 0.4) is 0 Å². The molecule has 1 aliphatic rings. The van der Waals surface area contributed by atoms with Gasteiger partial charge in [0.1, 0.15) is 11.4 Å². The molecule has 0 bridgehead atoms. The summed E-state index contributed by atoms with van der Waals surface area (Å²) in [5.41, 5.74) is -0.00724. The van der Waals surface area contributed by atoms with Crippen LogP contribution in [-0.4, -0.2) is 53.5 Å². The van der Waals surface area contributed by atoms with E-state index in [0.717, 1.165) is 4.90 Å².